The first-order valence-electron chi connectivity index (χ1n) is 3.38. The number of aromatic amines is 1. The van der Waals surface area contributed by atoms with Crippen molar-refractivity contribution in [3.63, 3.8) is 0 Å². The molecule has 1 aromatic heterocycles. The van der Waals surface area contributed by atoms with E-state index < -0.39 is 0 Å². The molecule has 1 heterocycles. The Morgan fingerprint density at radius 3 is 2.58 bits per heavy atom. The van der Waals surface area contributed by atoms with E-state index in [0.717, 1.165) is 10.9 Å². The van der Waals surface area contributed by atoms with E-state index in [9.17, 15) is 0 Å². The van der Waals surface area contributed by atoms with Gasteiger partial charge < -0.3 is 0 Å². The maximum Gasteiger partial charge on any atom is 0.0967 e. The van der Waals surface area contributed by atoms with Crippen LogP contribution < -0.4 is 0 Å². The number of hydrogen-bond donors (Lipinski definition) is 1. The Labute approximate surface area is 80.5 Å². The zero-order valence-corrected chi connectivity index (χ0v) is 7.81. The fourth-order valence-electron chi connectivity index (χ4n) is 0.883. The molecule has 0 atom stereocenters. The number of nitrogens with zero attached hydrogens (tertiary/aromatic N) is 1. The maximum atomic E-state index is 4.76. The third-order valence-corrected chi connectivity index (χ3v) is 1.35. The largest absolute Gasteiger partial charge is 0.278 e. The molecule has 0 aliphatic heterocycles. The summed E-state index contributed by atoms with van der Waals surface area (Å²) in [6.07, 6.45) is 1.81. The van der Waals surface area contributed by atoms with Crippen molar-refractivity contribution in [2.24, 2.45) is 0 Å². The molecule has 1 N–H and O–H groups in total. The summed E-state index contributed by atoms with van der Waals surface area (Å²) in [6.45, 7) is 0. The lowest BCUT2D eigenvalue weighted by Gasteiger charge is -1.81. The van der Waals surface area contributed by atoms with Crippen LogP contribution in [0.1, 0.15) is 0 Å². The molecule has 0 radical (unpaired) electrons. The lowest BCUT2D eigenvalue weighted by atomic mass is 10.3. The second-order valence-corrected chi connectivity index (χ2v) is 2.87. The standard InChI is InChI=1S/C7H6N2.CH2Cl2/c1-2-4-7-6(3-1)5-8-9-7;2-1-3/h1-5H,(H,8,9);1H2. The van der Waals surface area contributed by atoms with E-state index in [0.29, 0.717) is 0 Å². The van der Waals surface area contributed by atoms with Gasteiger partial charge in [0.15, 0.2) is 0 Å². The lowest BCUT2D eigenvalue weighted by Crippen LogP contribution is -1.63. The molecule has 2 rings (SSSR count). The first kappa shape index (κ1) is 9.36. The van der Waals surface area contributed by atoms with Crippen molar-refractivity contribution in [2.75, 3.05) is 5.34 Å². The maximum absolute atomic E-state index is 4.76. The fourth-order valence-corrected chi connectivity index (χ4v) is 0.883. The highest BCUT2D eigenvalue weighted by Crippen LogP contribution is 2.06. The Bertz CT molecular complexity index is 302. The predicted molar refractivity (Wildman–Crippen MR) is 52.7 cm³/mol. The second kappa shape index (κ2) is 5.01. The topological polar surface area (TPSA) is 28.7 Å². The van der Waals surface area contributed by atoms with Crippen LogP contribution in [0.5, 0.6) is 0 Å². The zero-order valence-electron chi connectivity index (χ0n) is 6.30. The number of para-hydroxylation sites is 1. The Balaban J connectivity index is 0.000000213. The van der Waals surface area contributed by atoms with E-state index in [1.165, 1.54) is 0 Å². The molecule has 0 saturated carbocycles. The van der Waals surface area contributed by atoms with Crippen molar-refractivity contribution in [3.8, 4) is 0 Å². The van der Waals surface area contributed by atoms with Crippen LogP contribution in [-0.4, -0.2) is 15.5 Å². The van der Waals surface area contributed by atoms with Crippen molar-refractivity contribution in [3.05, 3.63) is 30.5 Å². The number of aromatic nitrogens is 2. The average Bonchev–Trinajstić information content (AvgIpc) is 2.52. The number of alkyl halides is 2. The first-order chi connectivity index (χ1) is 5.88. The predicted octanol–water partition coefficient (Wildman–Crippen LogP) is 2.98. The molecule has 0 aliphatic carbocycles. The highest BCUT2D eigenvalue weighted by molar-refractivity contribution is 6.40. The zero-order chi connectivity index (χ0) is 8.81. The van der Waals surface area contributed by atoms with E-state index in [2.05, 4.69) is 10.2 Å². The fraction of sp³-hybridized carbons (Fsp3) is 0.125. The van der Waals surface area contributed by atoms with Gasteiger partial charge in [-0.25, -0.2) is 0 Å². The first-order valence-corrected chi connectivity index (χ1v) is 4.45. The summed E-state index contributed by atoms with van der Waals surface area (Å²) in [4.78, 5) is 0. The molecule has 1 aromatic carbocycles. The molecule has 2 nitrogen and oxygen atoms in total. The van der Waals surface area contributed by atoms with Gasteiger partial charge in [-0.1, -0.05) is 18.2 Å². The van der Waals surface area contributed by atoms with Gasteiger partial charge in [-0.3, -0.25) is 5.10 Å². The number of halogens is 2. The van der Waals surface area contributed by atoms with E-state index in [1.807, 2.05) is 30.5 Å². The Morgan fingerprint density at radius 1 is 1.25 bits per heavy atom. The highest BCUT2D eigenvalue weighted by atomic mass is 35.5. The van der Waals surface area contributed by atoms with Crippen molar-refractivity contribution < 1.29 is 0 Å². The van der Waals surface area contributed by atoms with Crippen LogP contribution in [0.4, 0.5) is 0 Å². The van der Waals surface area contributed by atoms with Crippen LogP contribution in [0, 0.1) is 0 Å². The normalized spacial score (nSPS) is 9.17. The highest BCUT2D eigenvalue weighted by Gasteiger charge is 1.88. The molecule has 4 heteroatoms. The third kappa shape index (κ3) is 2.40. The monoisotopic (exact) mass is 202 g/mol. The summed E-state index contributed by atoms with van der Waals surface area (Å²) < 4.78 is 0. The second-order valence-electron chi connectivity index (χ2n) is 2.06. The van der Waals surface area contributed by atoms with Crippen LogP contribution in [0.3, 0.4) is 0 Å². The molecule has 2 aromatic rings. The van der Waals surface area contributed by atoms with E-state index in [1.54, 1.807) is 0 Å². The minimum atomic E-state index is 0.194. The minimum absolute atomic E-state index is 0.194. The summed E-state index contributed by atoms with van der Waals surface area (Å²) in [6, 6.07) is 8.01. The lowest BCUT2D eigenvalue weighted by molar-refractivity contribution is 1.12. The van der Waals surface area contributed by atoms with Crippen LogP contribution >= 0.6 is 23.2 Å². The van der Waals surface area contributed by atoms with Gasteiger partial charge in [0.1, 0.15) is 0 Å². The van der Waals surface area contributed by atoms with Crippen molar-refractivity contribution in [1.82, 2.24) is 10.2 Å². The number of hydrogen-bond acceptors (Lipinski definition) is 1. The van der Waals surface area contributed by atoms with E-state index >= 15 is 0 Å². The number of benzene rings is 1. The van der Waals surface area contributed by atoms with Crippen molar-refractivity contribution in [1.29, 1.82) is 0 Å². The van der Waals surface area contributed by atoms with E-state index in [4.69, 9.17) is 23.2 Å². The van der Waals surface area contributed by atoms with Crippen LogP contribution in [-0.2, 0) is 0 Å². The SMILES string of the molecule is ClCCl.c1ccc2[nH]ncc2c1. The quantitative estimate of drug-likeness (QED) is 0.655. The van der Waals surface area contributed by atoms with E-state index in [-0.39, 0.29) is 5.34 Å². The van der Waals surface area contributed by atoms with Gasteiger partial charge in [0.2, 0.25) is 0 Å². The molecular weight excluding hydrogens is 195 g/mol. The van der Waals surface area contributed by atoms with Crippen LogP contribution in [0.15, 0.2) is 30.5 Å². The summed E-state index contributed by atoms with van der Waals surface area (Å²) in [5.41, 5.74) is 1.09. The molecule has 0 amide bonds. The van der Waals surface area contributed by atoms with Crippen molar-refractivity contribution in [2.45, 2.75) is 0 Å². The van der Waals surface area contributed by atoms with Gasteiger partial charge in [0.05, 0.1) is 17.1 Å². The van der Waals surface area contributed by atoms with Gasteiger partial charge in [0, 0.05) is 5.39 Å². The Kier molecular flexibility index (Phi) is 3.91. The molecular formula is C8H8Cl2N2. The molecule has 64 valence electrons. The van der Waals surface area contributed by atoms with Gasteiger partial charge in [-0.15, -0.1) is 23.2 Å². The third-order valence-electron chi connectivity index (χ3n) is 1.35. The average molecular weight is 203 g/mol. The van der Waals surface area contributed by atoms with Gasteiger partial charge >= 0.3 is 0 Å². The molecule has 0 bridgehead atoms. The van der Waals surface area contributed by atoms with Gasteiger partial charge in [-0.05, 0) is 6.07 Å². The minimum Gasteiger partial charge on any atom is -0.278 e. The Hall–Kier alpha value is -0.730. The number of H-pyrrole nitrogens is 1. The summed E-state index contributed by atoms with van der Waals surface area (Å²) >= 11 is 9.53. The molecule has 0 fully saturated rings. The molecule has 0 saturated heterocycles. The summed E-state index contributed by atoms with van der Waals surface area (Å²) in [5, 5.41) is 8.10. The molecule has 0 unspecified atom stereocenters. The number of rotatable bonds is 0. The van der Waals surface area contributed by atoms with Crippen molar-refractivity contribution >= 4 is 34.1 Å². The van der Waals surface area contributed by atoms with Crippen LogP contribution in [0.2, 0.25) is 0 Å². The van der Waals surface area contributed by atoms with Gasteiger partial charge in [0.25, 0.3) is 0 Å². The molecule has 0 spiro atoms. The number of fused-ring (bicyclic) bond motifs is 1. The summed E-state index contributed by atoms with van der Waals surface area (Å²) in [7, 11) is 0. The molecule has 12 heavy (non-hydrogen) atoms. The number of nitrogens with one attached hydrogen (secondary N) is 1. The van der Waals surface area contributed by atoms with Gasteiger partial charge in [-0.2, -0.15) is 5.10 Å². The smallest absolute Gasteiger partial charge is 0.0967 e. The summed E-state index contributed by atoms with van der Waals surface area (Å²) in [5.74, 6) is 0. The van der Waals surface area contributed by atoms with Crippen LogP contribution in [0.25, 0.3) is 10.9 Å². The Morgan fingerprint density at radius 2 is 1.92 bits per heavy atom. The molecule has 0 aliphatic rings.